The second-order valence-corrected chi connectivity index (χ2v) is 6.39. The molecule has 106 valence electrons. The van der Waals surface area contributed by atoms with Crippen LogP contribution in [0, 0.1) is 6.92 Å². The average Bonchev–Trinajstić information content (AvgIpc) is 2.96. The lowest BCUT2D eigenvalue weighted by molar-refractivity contribution is 0.102. The average molecular weight is 290 g/mol. The molecule has 5 heteroatoms. The van der Waals surface area contributed by atoms with E-state index in [4.69, 9.17) is 4.52 Å². The molecule has 0 bridgehead atoms. The maximum absolute atomic E-state index is 12.2. The van der Waals surface area contributed by atoms with Gasteiger partial charge in [-0.15, -0.1) is 11.3 Å². The summed E-state index contributed by atoms with van der Waals surface area (Å²) in [5.41, 5.74) is 1.36. The van der Waals surface area contributed by atoms with Crippen molar-refractivity contribution in [2.24, 2.45) is 0 Å². The Kier molecular flexibility index (Phi) is 3.87. The van der Waals surface area contributed by atoms with Crippen LogP contribution in [0.3, 0.4) is 0 Å². The number of hydrogen-bond donors (Lipinski definition) is 1. The number of aryl methyl sites for hydroxylation is 3. The van der Waals surface area contributed by atoms with E-state index in [0.29, 0.717) is 11.6 Å². The van der Waals surface area contributed by atoms with E-state index >= 15 is 0 Å². The molecule has 0 aromatic carbocycles. The Labute approximate surface area is 122 Å². The third-order valence-electron chi connectivity index (χ3n) is 3.59. The smallest absolute Gasteiger partial charge is 0.266 e. The van der Waals surface area contributed by atoms with Gasteiger partial charge in [0.1, 0.15) is 5.76 Å². The molecule has 1 aliphatic rings. The lowest BCUT2D eigenvalue weighted by atomic mass is 10.00. The van der Waals surface area contributed by atoms with E-state index in [1.807, 2.05) is 6.07 Å². The molecule has 0 atom stereocenters. The molecule has 0 unspecified atom stereocenters. The topological polar surface area (TPSA) is 55.1 Å². The van der Waals surface area contributed by atoms with Crippen LogP contribution < -0.4 is 5.32 Å². The molecular weight excluding hydrogens is 272 g/mol. The summed E-state index contributed by atoms with van der Waals surface area (Å²) in [6.07, 6.45) is 7.27. The molecule has 0 saturated heterocycles. The van der Waals surface area contributed by atoms with Gasteiger partial charge >= 0.3 is 0 Å². The number of hydrogen-bond acceptors (Lipinski definition) is 4. The highest BCUT2D eigenvalue weighted by molar-refractivity contribution is 7.14. The zero-order valence-electron chi connectivity index (χ0n) is 11.6. The van der Waals surface area contributed by atoms with Crippen LogP contribution in [0.2, 0.25) is 0 Å². The van der Waals surface area contributed by atoms with Gasteiger partial charge in [0, 0.05) is 10.9 Å². The molecule has 2 aromatic heterocycles. The number of nitrogens with one attached hydrogen (secondary N) is 1. The maximum atomic E-state index is 12.2. The number of rotatable bonds is 2. The number of nitrogens with zero attached hydrogens (tertiary/aromatic N) is 1. The molecule has 0 spiro atoms. The highest BCUT2D eigenvalue weighted by Crippen LogP contribution is 2.29. The second-order valence-electron chi connectivity index (χ2n) is 5.25. The van der Waals surface area contributed by atoms with E-state index < -0.39 is 0 Å². The van der Waals surface area contributed by atoms with Crippen LogP contribution in [-0.4, -0.2) is 11.1 Å². The van der Waals surface area contributed by atoms with Gasteiger partial charge in [0.15, 0.2) is 5.82 Å². The molecule has 0 fully saturated rings. The lowest BCUT2D eigenvalue weighted by Gasteiger charge is -2.07. The summed E-state index contributed by atoms with van der Waals surface area (Å²) in [7, 11) is 0. The van der Waals surface area contributed by atoms with Crippen LogP contribution in [0.1, 0.15) is 51.6 Å². The first kappa shape index (κ1) is 13.4. The highest BCUT2D eigenvalue weighted by atomic mass is 32.1. The van der Waals surface area contributed by atoms with Gasteiger partial charge in [-0.05, 0) is 44.2 Å². The summed E-state index contributed by atoms with van der Waals surface area (Å²) < 4.78 is 4.95. The Morgan fingerprint density at radius 2 is 2.05 bits per heavy atom. The van der Waals surface area contributed by atoms with Crippen LogP contribution in [0.4, 0.5) is 5.82 Å². The van der Waals surface area contributed by atoms with E-state index in [-0.39, 0.29) is 5.91 Å². The number of aromatic nitrogens is 1. The first-order chi connectivity index (χ1) is 9.72. The summed E-state index contributed by atoms with van der Waals surface area (Å²) in [5.74, 6) is 1.09. The minimum absolute atomic E-state index is 0.0879. The van der Waals surface area contributed by atoms with Gasteiger partial charge in [-0.25, -0.2) is 0 Å². The van der Waals surface area contributed by atoms with Crippen molar-refractivity contribution in [2.75, 3.05) is 5.32 Å². The normalized spacial score (nSPS) is 15.2. The van der Waals surface area contributed by atoms with Crippen molar-refractivity contribution in [1.29, 1.82) is 0 Å². The predicted molar refractivity (Wildman–Crippen MR) is 79.4 cm³/mol. The molecule has 2 aromatic rings. The SMILES string of the molecule is Cc1cc(NC(=O)c2cc3c(s2)CCCCCC3)no1. The maximum Gasteiger partial charge on any atom is 0.266 e. The fourth-order valence-electron chi connectivity index (χ4n) is 2.56. The molecule has 0 aliphatic heterocycles. The van der Waals surface area contributed by atoms with Crippen molar-refractivity contribution in [3.63, 3.8) is 0 Å². The molecule has 1 aliphatic carbocycles. The number of carbonyl (C=O) groups excluding carboxylic acids is 1. The molecule has 20 heavy (non-hydrogen) atoms. The zero-order valence-corrected chi connectivity index (χ0v) is 12.4. The number of thiophene rings is 1. The summed E-state index contributed by atoms with van der Waals surface area (Å²) in [5, 5.41) is 6.58. The fraction of sp³-hybridized carbons (Fsp3) is 0.467. The largest absolute Gasteiger partial charge is 0.360 e. The van der Waals surface area contributed by atoms with Gasteiger partial charge in [-0.1, -0.05) is 18.0 Å². The Hall–Kier alpha value is -1.62. The summed E-state index contributed by atoms with van der Waals surface area (Å²) in [4.78, 5) is 14.4. The fourth-order valence-corrected chi connectivity index (χ4v) is 3.71. The van der Waals surface area contributed by atoms with Crippen molar-refractivity contribution >= 4 is 23.1 Å². The van der Waals surface area contributed by atoms with Gasteiger partial charge in [-0.2, -0.15) is 0 Å². The first-order valence-corrected chi connectivity index (χ1v) is 7.90. The monoisotopic (exact) mass is 290 g/mol. The number of fused-ring (bicyclic) bond motifs is 1. The van der Waals surface area contributed by atoms with Crippen LogP contribution in [0.15, 0.2) is 16.7 Å². The predicted octanol–water partition coefficient (Wildman–Crippen LogP) is 3.96. The summed E-state index contributed by atoms with van der Waals surface area (Å²) in [6, 6.07) is 3.77. The van der Waals surface area contributed by atoms with Crippen molar-refractivity contribution in [3.8, 4) is 0 Å². The van der Waals surface area contributed by atoms with Crippen LogP contribution in [-0.2, 0) is 12.8 Å². The van der Waals surface area contributed by atoms with E-state index in [0.717, 1.165) is 17.7 Å². The molecule has 1 amide bonds. The van der Waals surface area contributed by atoms with E-state index in [1.54, 1.807) is 24.3 Å². The first-order valence-electron chi connectivity index (χ1n) is 7.08. The van der Waals surface area contributed by atoms with Crippen molar-refractivity contribution in [3.05, 3.63) is 33.2 Å². The molecule has 0 saturated carbocycles. The number of carbonyl (C=O) groups is 1. The Bertz CT molecular complexity index is 590. The molecular formula is C15H18N2O2S. The van der Waals surface area contributed by atoms with E-state index in [2.05, 4.69) is 10.5 Å². The minimum Gasteiger partial charge on any atom is -0.360 e. The second kappa shape index (κ2) is 5.79. The highest BCUT2D eigenvalue weighted by Gasteiger charge is 2.16. The zero-order chi connectivity index (χ0) is 13.9. The van der Waals surface area contributed by atoms with Crippen LogP contribution in [0.25, 0.3) is 0 Å². The lowest BCUT2D eigenvalue weighted by Crippen LogP contribution is -2.10. The van der Waals surface area contributed by atoms with Gasteiger partial charge in [0.05, 0.1) is 4.88 Å². The van der Waals surface area contributed by atoms with Gasteiger partial charge in [0.2, 0.25) is 0 Å². The molecule has 4 nitrogen and oxygen atoms in total. The molecule has 0 radical (unpaired) electrons. The van der Waals surface area contributed by atoms with Crippen molar-refractivity contribution in [1.82, 2.24) is 5.16 Å². The summed E-state index contributed by atoms with van der Waals surface area (Å²) >= 11 is 1.62. The Morgan fingerprint density at radius 3 is 2.80 bits per heavy atom. The quantitative estimate of drug-likeness (QED) is 0.911. The van der Waals surface area contributed by atoms with Crippen molar-refractivity contribution in [2.45, 2.75) is 45.4 Å². The summed E-state index contributed by atoms with van der Waals surface area (Å²) in [6.45, 7) is 1.81. The third-order valence-corrected chi connectivity index (χ3v) is 4.83. The van der Waals surface area contributed by atoms with Gasteiger partial charge in [0.25, 0.3) is 5.91 Å². The Morgan fingerprint density at radius 1 is 1.25 bits per heavy atom. The molecule has 1 N–H and O–H groups in total. The third kappa shape index (κ3) is 2.93. The van der Waals surface area contributed by atoms with Crippen molar-refractivity contribution < 1.29 is 9.32 Å². The minimum atomic E-state index is -0.0879. The van der Waals surface area contributed by atoms with E-state index in [9.17, 15) is 4.79 Å². The van der Waals surface area contributed by atoms with E-state index in [1.165, 1.54) is 36.1 Å². The number of amides is 1. The molecule has 2 heterocycles. The van der Waals surface area contributed by atoms with Crippen LogP contribution >= 0.6 is 11.3 Å². The Balaban J connectivity index is 1.76. The van der Waals surface area contributed by atoms with Gasteiger partial charge in [-0.3, -0.25) is 4.79 Å². The van der Waals surface area contributed by atoms with Gasteiger partial charge < -0.3 is 9.84 Å². The standard InChI is InChI=1S/C15H18N2O2S/c1-10-8-14(17-19-10)16-15(18)13-9-11-6-4-2-3-5-7-12(11)20-13/h8-9H,2-7H2,1H3,(H,16,17,18). The number of anilines is 1. The molecule has 3 rings (SSSR count). The van der Waals surface area contributed by atoms with Crippen LogP contribution in [0.5, 0.6) is 0 Å².